The molecular weight excluding hydrogens is 138 g/mol. The number of Topliss-reactive ketones (excluding diaryl/α,β-unsaturated/α-hetero) is 1. The minimum Gasteiger partial charge on any atom is -0.300 e. The van der Waals surface area contributed by atoms with Crippen molar-refractivity contribution in [3.8, 4) is 6.07 Å². The molecule has 0 aromatic rings. The first-order chi connectivity index (χ1) is 5.33. The molecule has 0 unspecified atom stereocenters. The number of hydrogen-bond donors (Lipinski definition) is 0. The molecular formula is C9H13NO. The molecule has 1 fully saturated rings. The third kappa shape index (κ3) is 2.71. The zero-order valence-corrected chi connectivity index (χ0v) is 6.68. The Hall–Kier alpha value is -0.840. The first kappa shape index (κ1) is 8.26. The van der Waals surface area contributed by atoms with E-state index in [9.17, 15) is 4.79 Å². The molecule has 0 aromatic heterocycles. The number of nitriles is 1. The summed E-state index contributed by atoms with van der Waals surface area (Å²) in [6, 6.07) is 2.28. The first-order valence-electron chi connectivity index (χ1n) is 4.24. The van der Waals surface area contributed by atoms with Crippen molar-refractivity contribution in [2.75, 3.05) is 0 Å². The highest BCUT2D eigenvalue weighted by molar-refractivity contribution is 5.78. The Labute approximate surface area is 67.2 Å². The van der Waals surface area contributed by atoms with E-state index >= 15 is 0 Å². The van der Waals surface area contributed by atoms with E-state index in [1.165, 1.54) is 0 Å². The van der Waals surface area contributed by atoms with Crippen LogP contribution in [0.4, 0.5) is 0 Å². The van der Waals surface area contributed by atoms with Crippen LogP contribution in [0.3, 0.4) is 0 Å². The molecule has 1 saturated carbocycles. The second kappa shape index (κ2) is 4.12. The number of nitrogens with zero attached hydrogens (tertiary/aromatic N) is 1. The van der Waals surface area contributed by atoms with Gasteiger partial charge in [0.05, 0.1) is 6.07 Å². The zero-order valence-electron chi connectivity index (χ0n) is 6.68. The van der Waals surface area contributed by atoms with Crippen molar-refractivity contribution in [3.05, 3.63) is 0 Å². The molecule has 1 aliphatic carbocycles. The molecule has 0 radical (unpaired) electrons. The van der Waals surface area contributed by atoms with Crippen molar-refractivity contribution >= 4 is 5.78 Å². The minimum atomic E-state index is 0.211. The topological polar surface area (TPSA) is 40.9 Å². The monoisotopic (exact) mass is 151 g/mol. The zero-order chi connectivity index (χ0) is 8.10. The van der Waals surface area contributed by atoms with Crippen LogP contribution in [0.15, 0.2) is 0 Å². The second-order valence-electron chi connectivity index (χ2n) is 3.15. The maximum atomic E-state index is 10.9. The van der Waals surface area contributed by atoms with Gasteiger partial charge in [-0.2, -0.15) is 5.26 Å². The predicted octanol–water partition coefficient (Wildman–Crippen LogP) is 2.05. The lowest BCUT2D eigenvalue weighted by atomic mass is 9.92. The van der Waals surface area contributed by atoms with E-state index in [0.717, 1.165) is 25.7 Å². The van der Waals surface area contributed by atoms with Crippen molar-refractivity contribution in [2.24, 2.45) is 5.92 Å². The molecule has 0 bridgehead atoms. The number of carbonyl (C=O) groups is 1. The Kier molecular flexibility index (Phi) is 3.10. The standard InChI is InChI=1S/C9H13NO/c10-7-8-3-1-5-9(11)6-2-4-8/h8H,1-6H2. The molecule has 11 heavy (non-hydrogen) atoms. The maximum Gasteiger partial charge on any atom is 0.132 e. The molecule has 0 saturated heterocycles. The predicted molar refractivity (Wildman–Crippen MR) is 41.8 cm³/mol. The van der Waals surface area contributed by atoms with Gasteiger partial charge in [-0.25, -0.2) is 0 Å². The van der Waals surface area contributed by atoms with E-state index in [2.05, 4.69) is 6.07 Å². The Morgan fingerprint density at radius 3 is 2.27 bits per heavy atom. The fourth-order valence-electron chi connectivity index (χ4n) is 1.49. The summed E-state index contributed by atoms with van der Waals surface area (Å²) in [5.41, 5.74) is 0. The number of carbonyl (C=O) groups excluding carboxylic acids is 1. The lowest BCUT2D eigenvalue weighted by Gasteiger charge is -2.11. The van der Waals surface area contributed by atoms with E-state index in [1.54, 1.807) is 0 Å². The van der Waals surface area contributed by atoms with Gasteiger partial charge >= 0.3 is 0 Å². The Morgan fingerprint density at radius 2 is 1.82 bits per heavy atom. The Morgan fingerprint density at radius 1 is 1.27 bits per heavy atom. The molecule has 0 heterocycles. The van der Waals surface area contributed by atoms with E-state index < -0.39 is 0 Å². The summed E-state index contributed by atoms with van der Waals surface area (Å²) < 4.78 is 0. The molecule has 2 heteroatoms. The summed E-state index contributed by atoms with van der Waals surface area (Å²) in [4.78, 5) is 10.9. The Bertz CT molecular complexity index is 168. The van der Waals surface area contributed by atoms with E-state index in [1.807, 2.05) is 0 Å². The van der Waals surface area contributed by atoms with Crippen LogP contribution in [-0.2, 0) is 4.79 Å². The molecule has 60 valence electrons. The molecule has 0 atom stereocenters. The SMILES string of the molecule is N#CC1CCCC(=O)CCC1. The van der Waals surface area contributed by atoms with Crippen LogP contribution in [0.1, 0.15) is 38.5 Å². The van der Waals surface area contributed by atoms with Crippen molar-refractivity contribution in [1.29, 1.82) is 5.26 Å². The third-order valence-electron chi connectivity index (χ3n) is 2.20. The van der Waals surface area contributed by atoms with Gasteiger partial charge in [0.2, 0.25) is 0 Å². The number of hydrogen-bond acceptors (Lipinski definition) is 2. The van der Waals surface area contributed by atoms with Crippen molar-refractivity contribution in [2.45, 2.75) is 38.5 Å². The van der Waals surface area contributed by atoms with Crippen molar-refractivity contribution < 1.29 is 4.79 Å². The van der Waals surface area contributed by atoms with Crippen molar-refractivity contribution in [1.82, 2.24) is 0 Å². The molecule has 0 spiro atoms. The van der Waals surface area contributed by atoms with Gasteiger partial charge in [-0.3, -0.25) is 4.79 Å². The molecule has 1 rings (SSSR count). The summed E-state index contributed by atoms with van der Waals surface area (Å²) >= 11 is 0. The quantitative estimate of drug-likeness (QED) is 0.531. The minimum absolute atomic E-state index is 0.211. The fraction of sp³-hybridized carbons (Fsp3) is 0.778. The van der Waals surface area contributed by atoms with Crippen LogP contribution < -0.4 is 0 Å². The molecule has 1 aliphatic rings. The third-order valence-corrected chi connectivity index (χ3v) is 2.20. The highest BCUT2D eigenvalue weighted by Crippen LogP contribution is 2.19. The van der Waals surface area contributed by atoms with Crippen LogP contribution in [-0.4, -0.2) is 5.78 Å². The second-order valence-corrected chi connectivity index (χ2v) is 3.15. The van der Waals surface area contributed by atoms with Gasteiger partial charge in [-0.15, -0.1) is 0 Å². The summed E-state index contributed by atoms with van der Waals surface area (Å²) in [6.07, 6.45) is 5.05. The lowest BCUT2D eigenvalue weighted by molar-refractivity contribution is -0.119. The average molecular weight is 151 g/mol. The van der Waals surface area contributed by atoms with Gasteiger partial charge in [0, 0.05) is 18.8 Å². The molecule has 0 aromatic carbocycles. The molecule has 2 nitrogen and oxygen atoms in total. The van der Waals surface area contributed by atoms with Crippen LogP contribution in [0.5, 0.6) is 0 Å². The highest BCUT2D eigenvalue weighted by Gasteiger charge is 2.13. The summed E-state index contributed by atoms with van der Waals surface area (Å²) in [5.74, 6) is 0.587. The molecule has 0 aliphatic heterocycles. The number of ketones is 1. The van der Waals surface area contributed by atoms with Crippen LogP contribution in [0, 0.1) is 17.2 Å². The summed E-state index contributed by atoms with van der Waals surface area (Å²) in [5, 5.41) is 8.64. The normalized spacial score (nSPS) is 21.9. The largest absolute Gasteiger partial charge is 0.300 e. The van der Waals surface area contributed by atoms with Crippen LogP contribution >= 0.6 is 0 Å². The van der Waals surface area contributed by atoms with Gasteiger partial charge in [0.15, 0.2) is 0 Å². The summed E-state index contributed by atoms with van der Waals surface area (Å²) in [7, 11) is 0. The summed E-state index contributed by atoms with van der Waals surface area (Å²) in [6.45, 7) is 0. The number of rotatable bonds is 0. The molecule has 0 amide bonds. The van der Waals surface area contributed by atoms with Gasteiger partial charge < -0.3 is 0 Å². The van der Waals surface area contributed by atoms with Gasteiger partial charge in [-0.1, -0.05) is 0 Å². The smallest absolute Gasteiger partial charge is 0.132 e. The van der Waals surface area contributed by atoms with Gasteiger partial charge in [0.1, 0.15) is 5.78 Å². The van der Waals surface area contributed by atoms with E-state index in [0.29, 0.717) is 18.6 Å². The average Bonchev–Trinajstić information content (AvgIpc) is 1.96. The Balaban J connectivity index is 2.35. The molecule has 0 N–H and O–H groups in total. The highest BCUT2D eigenvalue weighted by atomic mass is 16.1. The van der Waals surface area contributed by atoms with Crippen LogP contribution in [0.25, 0.3) is 0 Å². The maximum absolute atomic E-state index is 10.9. The van der Waals surface area contributed by atoms with Gasteiger partial charge in [0.25, 0.3) is 0 Å². The first-order valence-corrected chi connectivity index (χ1v) is 4.24. The van der Waals surface area contributed by atoms with Crippen molar-refractivity contribution in [3.63, 3.8) is 0 Å². The van der Waals surface area contributed by atoms with Gasteiger partial charge in [-0.05, 0) is 25.7 Å². The fourth-order valence-corrected chi connectivity index (χ4v) is 1.49. The van der Waals surface area contributed by atoms with E-state index in [4.69, 9.17) is 5.26 Å². The van der Waals surface area contributed by atoms with E-state index in [-0.39, 0.29) is 5.92 Å². The lowest BCUT2D eigenvalue weighted by Crippen LogP contribution is -2.06. The van der Waals surface area contributed by atoms with Crippen LogP contribution in [0.2, 0.25) is 0 Å².